The van der Waals surface area contributed by atoms with Crippen molar-refractivity contribution in [2.45, 2.75) is 32.9 Å². The van der Waals surface area contributed by atoms with Crippen molar-refractivity contribution in [2.75, 3.05) is 14.2 Å². The number of ether oxygens (including phenoxy) is 2. The molecule has 0 N–H and O–H groups in total. The van der Waals surface area contributed by atoms with E-state index in [0.29, 0.717) is 6.54 Å². The van der Waals surface area contributed by atoms with Crippen LogP contribution in [-0.2, 0) is 11.3 Å². The summed E-state index contributed by atoms with van der Waals surface area (Å²) in [5, 5.41) is 0.999. The number of carbonyl (C=O) groups is 1. The third-order valence-corrected chi connectivity index (χ3v) is 6.57. The van der Waals surface area contributed by atoms with Crippen molar-refractivity contribution in [1.29, 1.82) is 0 Å². The van der Waals surface area contributed by atoms with Crippen molar-refractivity contribution in [3.63, 3.8) is 0 Å². The third-order valence-electron chi connectivity index (χ3n) is 5.60. The molecular weight excluding hydrogens is 396 g/mol. The van der Waals surface area contributed by atoms with Gasteiger partial charge >= 0.3 is 0 Å². The molecule has 2 atom stereocenters. The molecule has 1 fully saturated rings. The number of aryl methyl sites for hydroxylation is 1. The van der Waals surface area contributed by atoms with Crippen LogP contribution < -0.4 is 9.47 Å². The summed E-state index contributed by atoms with van der Waals surface area (Å²) in [4.78, 5) is 20.7. The van der Waals surface area contributed by atoms with E-state index in [2.05, 4.69) is 30.1 Å². The van der Waals surface area contributed by atoms with Gasteiger partial charge in [-0.1, -0.05) is 31.2 Å². The normalized spacial score (nSPS) is 18.7. The van der Waals surface area contributed by atoms with Crippen LogP contribution in [0, 0.1) is 12.8 Å². The molecule has 3 aromatic rings. The van der Waals surface area contributed by atoms with E-state index in [1.807, 2.05) is 42.3 Å². The smallest absolute Gasteiger partial charge is 0.226 e. The third kappa shape index (κ3) is 3.79. The van der Waals surface area contributed by atoms with E-state index >= 15 is 0 Å². The lowest BCUT2D eigenvalue weighted by Crippen LogP contribution is -2.29. The van der Waals surface area contributed by atoms with Crippen LogP contribution in [0.3, 0.4) is 0 Å². The summed E-state index contributed by atoms with van der Waals surface area (Å²) in [7, 11) is 3.31. The van der Waals surface area contributed by atoms with Crippen molar-refractivity contribution in [3.8, 4) is 22.1 Å². The second-order valence-corrected chi connectivity index (χ2v) is 8.91. The van der Waals surface area contributed by atoms with E-state index in [-0.39, 0.29) is 17.9 Å². The second kappa shape index (κ2) is 8.48. The summed E-state index contributed by atoms with van der Waals surface area (Å²) in [5.74, 6) is 1.61. The number of amides is 1. The Bertz CT molecular complexity index is 1040. The monoisotopic (exact) mass is 422 g/mol. The van der Waals surface area contributed by atoms with Crippen LogP contribution in [0.5, 0.6) is 11.5 Å². The average Bonchev–Trinajstić information content (AvgIpc) is 3.32. The molecule has 2 heterocycles. The molecule has 1 aliphatic heterocycles. The second-order valence-electron chi connectivity index (χ2n) is 7.67. The summed E-state index contributed by atoms with van der Waals surface area (Å²) in [6.45, 7) is 4.58. The molecule has 0 saturated carbocycles. The van der Waals surface area contributed by atoms with E-state index in [1.54, 1.807) is 25.6 Å². The fourth-order valence-electron chi connectivity index (χ4n) is 4.16. The van der Waals surface area contributed by atoms with E-state index in [1.165, 1.54) is 4.88 Å². The molecule has 2 aromatic carbocycles. The minimum atomic E-state index is -0.0932. The zero-order valence-electron chi connectivity index (χ0n) is 17.7. The first-order chi connectivity index (χ1) is 14.5. The Morgan fingerprint density at radius 3 is 2.47 bits per heavy atom. The molecule has 0 radical (unpaired) electrons. The number of hydrogen-bond donors (Lipinski definition) is 0. The molecule has 1 aromatic heterocycles. The Morgan fingerprint density at radius 1 is 1.13 bits per heavy atom. The summed E-state index contributed by atoms with van der Waals surface area (Å²) in [6, 6.07) is 14.0. The number of likely N-dealkylation sites (tertiary alicyclic amines) is 1. The van der Waals surface area contributed by atoms with Crippen molar-refractivity contribution in [3.05, 3.63) is 64.7 Å². The van der Waals surface area contributed by atoms with Crippen molar-refractivity contribution in [1.82, 2.24) is 9.88 Å². The van der Waals surface area contributed by atoms with E-state index in [4.69, 9.17) is 9.47 Å². The van der Waals surface area contributed by atoms with Gasteiger partial charge in [0, 0.05) is 29.1 Å². The van der Waals surface area contributed by atoms with Gasteiger partial charge in [-0.3, -0.25) is 4.79 Å². The minimum absolute atomic E-state index is 0.0468. The molecule has 6 heteroatoms. The number of thiazole rings is 1. The Labute approximate surface area is 181 Å². The number of methoxy groups -OCH3 is 2. The number of hydrogen-bond acceptors (Lipinski definition) is 5. The lowest BCUT2D eigenvalue weighted by atomic mass is 9.98. The van der Waals surface area contributed by atoms with Gasteiger partial charge < -0.3 is 14.4 Å². The highest BCUT2D eigenvalue weighted by Gasteiger charge is 2.40. The lowest BCUT2D eigenvalue weighted by molar-refractivity contribution is -0.132. The molecule has 4 rings (SSSR count). The predicted octanol–water partition coefficient (Wildman–Crippen LogP) is 5.25. The van der Waals surface area contributed by atoms with Crippen molar-refractivity contribution >= 4 is 17.2 Å². The maximum absolute atomic E-state index is 13.1. The van der Waals surface area contributed by atoms with Gasteiger partial charge in [-0.2, -0.15) is 0 Å². The van der Waals surface area contributed by atoms with Gasteiger partial charge in [-0.05, 0) is 37.1 Å². The number of benzene rings is 2. The highest BCUT2D eigenvalue weighted by molar-refractivity contribution is 7.14. The predicted molar refractivity (Wildman–Crippen MR) is 119 cm³/mol. The maximum Gasteiger partial charge on any atom is 0.226 e. The maximum atomic E-state index is 13.1. The highest BCUT2D eigenvalue weighted by Crippen LogP contribution is 2.45. The van der Waals surface area contributed by atoms with Crippen molar-refractivity contribution in [2.24, 2.45) is 5.92 Å². The van der Waals surface area contributed by atoms with Gasteiger partial charge in [0.05, 0.1) is 25.8 Å². The molecule has 1 aliphatic rings. The first kappa shape index (κ1) is 20.4. The highest BCUT2D eigenvalue weighted by atomic mass is 32.1. The van der Waals surface area contributed by atoms with Crippen LogP contribution in [0.25, 0.3) is 10.6 Å². The van der Waals surface area contributed by atoms with Crippen LogP contribution in [0.1, 0.15) is 35.4 Å². The molecule has 2 unspecified atom stereocenters. The van der Waals surface area contributed by atoms with E-state index in [0.717, 1.165) is 39.6 Å². The molecule has 1 amide bonds. The van der Waals surface area contributed by atoms with Crippen molar-refractivity contribution < 1.29 is 14.3 Å². The molecule has 156 valence electrons. The number of rotatable bonds is 6. The van der Waals surface area contributed by atoms with Crippen LogP contribution in [-0.4, -0.2) is 30.0 Å². The topological polar surface area (TPSA) is 51.7 Å². The Balaban J connectivity index is 1.69. The molecule has 1 saturated heterocycles. The lowest BCUT2D eigenvalue weighted by Gasteiger charge is -2.28. The molecule has 0 bridgehead atoms. The van der Waals surface area contributed by atoms with E-state index in [9.17, 15) is 4.79 Å². The largest absolute Gasteiger partial charge is 0.496 e. The van der Waals surface area contributed by atoms with Crippen LogP contribution in [0.4, 0.5) is 0 Å². The Morgan fingerprint density at radius 2 is 1.83 bits per heavy atom. The Kier molecular flexibility index (Phi) is 5.77. The van der Waals surface area contributed by atoms with Gasteiger partial charge in [0.1, 0.15) is 16.5 Å². The zero-order valence-corrected chi connectivity index (χ0v) is 18.5. The average molecular weight is 423 g/mol. The van der Waals surface area contributed by atoms with Gasteiger partial charge in [0.25, 0.3) is 0 Å². The first-order valence-corrected chi connectivity index (χ1v) is 10.9. The quantitative estimate of drug-likeness (QED) is 0.545. The number of nitrogens with zero attached hydrogens (tertiary/aromatic N) is 2. The fourth-order valence-corrected chi connectivity index (χ4v) is 4.92. The number of carbonyl (C=O) groups excluding carboxylic acids is 1. The molecule has 5 nitrogen and oxygen atoms in total. The zero-order chi connectivity index (χ0) is 21.3. The van der Waals surface area contributed by atoms with Gasteiger partial charge in [-0.25, -0.2) is 4.98 Å². The first-order valence-electron chi connectivity index (χ1n) is 10.0. The number of aromatic nitrogens is 1. The molecule has 0 aliphatic carbocycles. The fraction of sp³-hybridized carbons (Fsp3) is 0.333. The van der Waals surface area contributed by atoms with Gasteiger partial charge in [0.15, 0.2) is 0 Å². The summed E-state index contributed by atoms with van der Waals surface area (Å²) < 4.78 is 11.2. The van der Waals surface area contributed by atoms with Gasteiger partial charge in [-0.15, -0.1) is 11.3 Å². The minimum Gasteiger partial charge on any atom is -0.496 e. The Hall–Kier alpha value is -2.86. The van der Waals surface area contributed by atoms with Gasteiger partial charge in [0.2, 0.25) is 5.91 Å². The summed E-state index contributed by atoms with van der Waals surface area (Å²) >= 11 is 1.68. The van der Waals surface area contributed by atoms with E-state index < -0.39 is 0 Å². The molecule has 30 heavy (non-hydrogen) atoms. The SMILES string of the molecule is COc1cccc(OC)c1C1CC(C)C(=O)N1Cc1cccc(-c2ncc(C)s2)c1. The standard InChI is InChI=1S/C24H26N2O3S/c1-15-11-19(22-20(28-3)9-6-10-21(22)29-4)26(24(15)27)14-17-7-5-8-18(12-17)23-25-13-16(2)30-23/h5-10,12-13,15,19H,11,14H2,1-4H3. The van der Waals surface area contributed by atoms with Crippen LogP contribution in [0.2, 0.25) is 0 Å². The van der Waals surface area contributed by atoms with Crippen LogP contribution >= 0.6 is 11.3 Å². The molecule has 0 spiro atoms. The summed E-state index contributed by atoms with van der Waals surface area (Å²) in [6.07, 6.45) is 2.63. The van der Waals surface area contributed by atoms with Crippen LogP contribution in [0.15, 0.2) is 48.7 Å². The molecular formula is C24H26N2O3S. The summed E-state index contributed by atoms with van der Waals surface area (Å²) in [5.41, 5.74) is 3.10.